The summed E-state index contributed by atoms with van der Waals surface area (Å²) < 4.78 is 4.77. The molecule has 1 aliphatic heterocycles. The zero-order chi connectivity index (χ0) is 25.3. The molecule has 2 atom stereocenters. The molecule has 0 radical (unpaired) electrons. The molecule has 1 aliphatic carbocycles. The topological polar surface area (TPSA) is 114 Å². The van der Waals surface area contributed by atoms with Crippen LogP contribution in [0.15, 0.2) is 0 Å². The molecule has 9 heteroatoms. The van der Waals surface area contributed by atoms with Gasteiger partial charge in [0.1, 0.15) is 12.1 Å². The van der Waals surface area contributed by atoms with Crippen LogP contribution in [0.4, 0.5) is 4.79 Å². The van der Waals surface area contributed by atoms with Crippen molar-refractivity contribution in [3.63, 3.8) is 0 Å². The van der Waals surface area contributed by atoms with Gasteiger partial charge >= 0.3 is 6.09 Å². The summed E-state index contributed by atoms with van der Waals surface area (Å²) >= 11 is 1.65. The van der Waals surface area contributed by atoms with E-state index < -0.39 is 22.9 Å². The van der Waals surface area contributed by atoms with Crippen LogP contribution in [0.1, 0.15) is 79.6 Å². The van der Waals surface area contributed by atoms with E-state index in [1.165, 1.54) is 0 Å². The van der Waals surface area contributed by atoms with Crippen LogP contribution >= 0.6 is 11.8 Å². The minimum atomic E-state index is -0.781. The number of ether oxygens (including phenoxy) is 1. The average molecular weight is 499 g/mol. The van der Waals surface area contributed by atoms with Crippen LogP contribution in [0.5, 0.6) is 0 Å². The minimum Gasteiger partial charge on any atom is -0.449 e. The second kappa shape index (κ2) is 13.6. The molecule has 2 rings (SSSR count). The van der Waals surface area contributed by atoms with E-state index >= 15 is 0 Å². The lowest BCUT2D eigenvalue weighted by molar-refractivity contribution is -0.140. The van der Waals surface area contributed by atoms with Crippen LogP contribution in [0.3, 0.4) is 0 Å². The highest BCUT2D eigenvalue weighted by Gasteiger charge is 2.44. The predicted molar refractivity (Wildman–Crippen MR) is 138 cm³/mol. The molecule has 1 saturated heterocycles. The summed E-state index contributed by atoms with van der Waals surface area (Å²) in [5, 5.41) is 5.92. The number of carbonyl (C=O) groups excluding carboxylic acids is 3. The third-order valence-corrected chi connectivity index (χ3v) is 8.32. The summed E-state index contributed by atoms with van der Waals surface area (Å²) in [5.41, 5.74) is 5.99. The molecule has 0 spiro atoms. The van der Waals surface area contributed by atoms with Crippen LogP contribution in [-0.2, 0) is 14.3 Å². The first-order valence-corrected chi connectivity index (χ1v) is 13.9. The Morgan fingerprint density at radius 3 is 2.44 bits per heavy atom. The number of hydrogen-bond acceptors (Lipinski definition) is 6. The van der Waals surface area contributed by atoms with Gasteiger partial charge in [-0.25, -0.2) is 4.79 Å². The van der Waals surface area contributed by atoms with Crippen molar-refractivity contribution in [1.29, 1.82) is 0 Å². The van der Waals surface area contributed by atoms with Gasteiger partial charge in [-0.1, -0.05) is 20.8 Å². The summed E-state index contributed by atoms with van der Waals surface area (Å²) in [6.45, 7) is 11.4. The van der Waals surface area contributed by atoms with Gasteiger partial charge in [-0.05, 0) is 76.4 Å². The number of nitrogens with zero attached hydrogens (tertiary/aromatic N) is 1. The maximum atomic E-state index is 13.7. The summed E-state index contributed by atoms with van der Waals surface area (Å²) in [4.78, 5) is 41.0. The van der Waals surface area contributed by atoms with Crippen LogP contribution in [0.2, 0.25) is 0 Å². The number of alkyl carbamates (subject to hydrolysis) is 1. The molecule has 196 valence electrons. The molecular weight excluding hydrogens is 452 g/mol. The molecule has 0 bridgehead atoms. The van der Waals surface area contributed by atoms with Gasteiger partial charge in [0.05, 0.1) is 6.61 Å². The third kappa shape index (κ3) is 8.63. The summed E-state index contributed by atoms with van der Waals surface area (Å²) in [6.07, 6.45) is 5.85. The number of nitrogens with one attached hydrogen (secondary N) is 2. The van der Waals surface area contributed by atoms with Crippen molar-refractivity contribution in [2.75, 3.05) is 25.4 Å². The molecule has 1 heterocycles. The fourth-order valence-corrected chi connectivity index (χ4v) is 5.66. The Morgan fingerprint density at radius 2 is 1.82 bits per heavy atom. The molecule has 0 aromatic heterocycles. The Balaban J connectivity index is 2.06. The van der Waals surface area contributed by atoms with Gasteiger partial charge in [0.25, 0.3) is 0 Å². The zero-order valence-electron chi connectivity index (χ0n) is 21.7. The largest absolute Gasteiger partial charge is 0.449 e. The summed E-state index contributed by atoms with van der Waals surface area (Å²) in [7, 11) is 0. The van der Waals surface area contributed by atoms with Gasteiger partial charge in [-0.2, -0.15) is 11.8 Å². The minimum absolute atomic E-state index is 0.0964. The monoisotopic (exact) mass is 498 g/mol. The van der Waals surface area contributed by atoms with Crippen molar-refractivity contribution in [1.82, 2.24) is 15.5 Å². The molecule has 34 heavy (non-hydrogen) atoms. The van der Waals surface area contributed by atoms with Gasteiger partial charge in [-0.15, -0.1) is 0 Å². The quantitative estimate of drug-likeness (QED) is 0.403. The molecule has 2 aliphatic rings. The van der Waals surface area contributed by atoms with E-state index in [2.05, 4.69) is 17.6 Å². The molecule has 1 saturated carbocycles. The first kappa shape index (κ1) is 28.8. The van der Waals surface area contributed by atoms with Gasteiger partial charge in [0, 0.05) is 23.9 Å². The van der Waals surface area contributed by atoms with Gasteiger partial charge in [-0.3, -0.25) is 9.59 Å². The van der Waals surface area contributed by atoms with Crippen LogP contribution in [0.25, 0.3) is 0 Å². The summed E-state index contributed by atoms with van der Waals surface area (Å²) in [5.74, 6) is 1.21. The zero-order valence-corrected chi connectivity index (χ0v) is 22.5. The maximum absolute atomic E-state index is 13.7. The number of thioether (sulfide) groups is 1. The van der Waals surface area contributed by atoms with Gasteiger partial charge in [0.15, 0.2) is 0 Å². The first-order chi connectivity index (χ1) is 16.0. The van der Waals surface area contributed by atoms with Crippen molar-refractivity contribution in [2.45, 2.75) is 102 Å². The Bertz CT molecular complexity index is 680. The van der Waals surface area contributed by atoms with E-state index in [1.807, 2.05) is 27.7 Å². The second-order valence-electron chi connectivity index (χ2n) is 10.7. The van der Waals surface area contributed by atoms with Crippen molar-refractivity contribution in [3.05, 3.63) is 0 Å². The van der Waals surface area contributed by atoms with Crippen molar-refractivity contribution < 1.29 is 19.1 Å². The summed E-state index contributed by atoms with van der Waals surface area (Å²) in [6, 6.07) is -1.00. The van der Waals surface area contributed by atoms with E-state index in [0.29, 0.717) is 25.4 Å². The Hall–Kier alpha value is -1.48. The smallest absolute Gasteiger partial charge is 0.407 e. The molecule has 3 amide bonds. The standard InChI is InChI=1S/C25H46N4O4S/c1-6-14-34-25(4,5)21(28-24(32)33-16-17(2)3)23(31)29-13-7-8-20(29)22(30)27-15-18-9-11-19(26)12-10-18/h17-21H,6-16,26H2,1-5H3,(H,27,30)(H,28,32)/t18-,19-,20-,21-/m0/s1. The average Bonchev–Trinajstić information content (AvgIpc) is 3.29. The van der Waals surface area contributed by atoms with Crippen molar-refractivity contribution in [3.8, 4) is 0 Å². The fraction of sp³-hybridized carbons (Fsp3) is 0.880. The molecule has 4 N–H and O–H groups in total. The lowest BCUT2D eigenvalue weighted by atomic mass is 9.86. The van der Waals surface area contributed by atoms with Crippen LogP contribution in [0, 0.1) is 11.8 Å². The highest BCUT2D eigenvalue weighted by Crippen LogP contribution is 2.32. The Morgan fingerprint density at radius 1 is 1.15 bits per heavy atom. The third-order valence-electron chi connectivity index (χ3n) is 6.73. The number of likely N-dealkylation sites (tertiary alicyclic amines) is 1. The van der Waals surface area contributed by atoms with Gasteiger partial charge in [0.2, 0.25) is 11.8 Å². The SMILES string of the molecule is CCCSC(C)(C)[C@@H](NC(=O)OCC(C)C)C(=O)N1CCC[C@H]1C(=O)NC[C@H]1CC[C@H](N)CC1. The number of hydrogen-bond donors (Lipinski definition) is 3. The highest BCUT2D eigenvalue weighted by atomic mass is 32.2. The van der Waals surface area contributed by atoms with E-state index in [9.17, 15) is 14.4 Å². The molecule has 0 unspecified atom stereocenters. The number of nitrogens with two attached hydrogens (primary N) is 1. The Labute approximate surface area is 209 Å². The Kier molecular flexibility index (Phi) is 11.5. The molecule has 8 nitrogen and oxygen atoms in total. The van der Waals surface area contributed by atoms with E-state index in [0.717, 1.165) is 44.3 Å². The van der Waals surface area contributed by atoms with E-state index in [1.54, 1.807) is 16.7 Å². The first-order valence-electron chi connectivity index (χ1n) is 13.0. The maximum Gasteiger partial charge on any atom is 0.407 e. The number of carbonyl (C=O) groups is 3. The number of rotatable bonds is 11. The highest BCUT2D eigenvalue weighted by molar-refractivity contribution is 8.00. The second-order valence-corrected chi connectivity index (χ2v) is 12.5. The van der Waals surface area contributed by atoms with Gasteiger partial charge < -0.3 is 26.0 Å². The van der Waals surface area contributed by atoms with E-state index in [-0.39, 0.29) is 30.4 Å². The van der Waals surface area contributed by atoms with Crippen LogP contribution < -0.4 is 16.4 Å². The normalized spacial score (nSPS) is 24.1. The lowest BCUT2D eigenvalue weighted by Gasteiger charge is -2.37. The van der Waals surface area contributed by atoms with Crippen LogP contribution in [-0.4, -0.2) is 71.1 Å². The molecular formula is C25H46N4O4S. The predicted octanol–water partition coefficient (Wildman–Crippen LogP) is 3.28. The molecule has 2 fully saturated rings. The van der Waals surface area contributed by atoms with E-state index in [4.69, 9.17) is 10.5 Å². The molecule has 0 aromatic carbocycles. The fourth-order valence-electron chi connectivity index (χ4n) is 4.61. The van der Waals surface area contributed by atoms with Crippen molar-refractivity contribution >= 4 is 29.7 Å². The lowest BCUT2D eigenvalue weighted by Crippen LogP contribution is -2.60. The molecule has 0 aromatic rings. The number of amides is 3. The van der Waals surface area contributed by atoms with Crippen molar-refractivity contribution in [2.24, 2.45) is 17.6 Å².